The summed E-state index contributed by atoms with van der Waals surface area (Å²) in [4.78, 5) is 37.0. The lowest BCUT2D eigenvalue weighted by molar-refractivity contribution is -0.887. The maximum Gasteiger partial charge on any atom is 0.362 e. The van der Waals surface area contributed by atoms with E-state index in [1.54, 1.807) is 0 Å². The van der Waals surface area contributed by atoms with Crippen LogP contribution in [-0.4, -0.2) is 80.6 Å². The first-order valence-electron chi connectivity index (χ1n) is 22.5. The highest BCUT2D eigenvalue weighted by atomic mass is 16.6. The van der Waals surface area contributed by atoms with Crippen molar-refractivity contribution < 1.29 is 38.2 Å². The molecule has 0 aliphatic carbocycles. The van der Waals surface area contributed by atoms with E-state index in [0.29, 0.717) is 19.3 Å². The second-order valence-corrected chi connectivity index (χ2v) is 15.9. The van der Waals surface area contributed by atoms with Crippen LogP contribution in [0.3, 0.4) is 0 Å². The third-order valence-corrected chi connectivity index (χ3v) is 9.63. The van der Waals surface area contributed by atoms with E-state index in [1.165, 1.54) is 70.6 Å². The zero-order valence-electron chi connectivity index (χ0n) is 37.0. The number of carboxylic acid groups (broad SMARTS) is 1. The average Bonchev–Trinajstić information content (AvgIpc) is 3.17. The average molecular weight is 799 g/mol. The normalized spacial score (nSPS) is 13.6. The van der Waals surface area contributed by atoms with Crippen LogP contribution in [0.1, 0.15) is 168 Å². The number of quaternary nitrogens is 1. The second kappa shape index (κ2) is 39.6. The lowest BCUT2D eigenvalue weighted by Crippen LogP contribution is -2.50. The van der Waals surface area contributed by atoms with Gasteiger partial charge in [-0.2, -0.15) is 0 Å². The minimum atomic E-state index is -0.888. The molecule has 0 saturated carbocycles. The van der Waals surface area contributed by atoms with E-state index in [0.717, 1.165) is 57.8 Å². The van der Waals surface area contributed by atoms with Crippen molar-refractivity contribution in [2.45, 2.75) is 180 Å². The molecule has 8 nitrogen and oxygen atoms in total. The molecule has 0 spiro atoms. The fraction of sp³-hybridized carbons (Fsp3) is 0.694. The van der Waals surface area contributed by atoms with Gasteiger partial charge in [-0.3, -0.25) is 9.59 Å². The summed E-state index contributed by atoms with van der Waals surface area (Å²) in [5.74, 6) is -1.58. The van der Waals surface area contributed by atoms with E-state index in [9.17, 15) is 19.5 Å². The van der Waals surface area contributed by atoms with Crippen molar-refractivity contribution in [3.8, 4) is 0 Å². The van der Waals surface area contributed by atoms with Gasteiger partial charge in [-0.25, -0.2) is 4.79 Å². The highest BCUT2D eigenvalue weighted by molar-refractivity contribution is 5.72. The van der Waals surface area contributed by atoms with Crippen LogP contribution < -0.4 is 0 Å². The molecule has 1 N–H and O–H groups in total. The van der Waals surface area contributed by atoms with Crippen molar-refractivity contribution in [3.05, 3.63) is 72.9 Å². The summed E-state index contributed by atoms with van der Waals surface area (Å²) in [7, 11) is 5.50. The molecule has 0 rings (SSSR count). The third kappa shape index (κ3) is 38.1. The van der Waals surface area contributed by atoms with Gasteiger partial charge in [-0.1, -0.05) is 170 Å². The van der Waals surface area contributed by atoms with Gasteiger partial charge in [-0.15, -0.1) is 0 Å². The Balaban J connectivity index is 4.47. The molecule has 0 amide bonds. The summed E-state index contributed by atoms with van der Waals surface area (Å²) >= 11 is 0. The van der Waals surface area contributed by atoms with Crippen molar-refractivity contribution in [2.75, 3.05) is 41.0 Å². The first kappa shape index (κ1) is 53.8. The monoisotopic (exact) mass is 799 g/mol. The molecule has 0 aliphatic heterocycles. The smallest absolute Gasteiger partial charge is 0.362 e. The van der Waals surface area contributed by atoms with Gasteiger partial charge in [0, 0.05) is 19.3 Å². The zero-order valence-corrected chi connectivity index (χ0v) is 37.0. The van der Waals surface area contributed by atoms with E-state index in [2.05, 4.69) is 74.6 Å². The molecule has 0 heterocycles. The van der Waals surface area contributed by atoms with E-state index >= 15 is 0 Å². The molecule has 57 heavy (non-hydrogen) atoms. The minimum Gasteiger partial charge on any atom is -0.477 e. The maximum atomic E-state index is 12.7. The molecule has 2 atom stereocenters. The maximum absolute atomic E-state index is 12.7. The van der Waals surface area contributed by atoms with Crippen molar-refractivity contribution in [1.29, 1.82) is 0 Å². The number of carboxylic acids is 1. The SMILES string of the molecule is CC/C=C/C/C=C/C/C=C/C/C=C/C/C=C/C/C=C/CCC(=O)OC(COCCC(C(=O)O)[N+](C)(C)C)COC(=O)CCCCCCCCCCCCCCCC. The van der Waals surface area contributed by atoms with Gasteiger partial charge in [0.05, 0.1) is 34.4 Å². The van der Waals surface area contributed by atoms with E-state index in [4.69, 9.17) is 14.2 Å². The van der Waals surface area contributed by atoms with Gasteiger partial charge >= 0.3 is 17.9 Å². The van der Waals surface area contributed by atoms with Crippen molar-refractivity contribution in [3.63, 3.8) is 0 Å². The summed E-state index contributed by atoms with van der Waals surface area (Å²) in [5, 5.41) is 9.62. The molecule has 0 aromatic heterocycles. The molecule has 2 unspecified atom stereocenters. The van der Waals surface area contributed by atoms with Crippen LogP contribution in [0.25, 0.3) is 0 Å². The predicted molar refractivity (Wildman–Crippen MR) is 238 cm³/mol. The van der Waals surface area contributed by atoms with E-state index in [1.807, 2.05) is 33.3 Å². The fourth-order valence-electron chi connectivity index (χ4n) is 6.18. The quantitative estimate of drug-likeness (QED) is 0.0286. The van der Waals surface area contributed by atoms with Gasteiger partial charge in [0.2, 0.25) is 0 Å². The Labute approximate surface area is 349 Å². The predicted octanol–water partition coefficient (Wildman–Crippen LogP) is 12.4. The molecule has 326 valence electrons. The fourth-order valence-corrected chi connectivity index (χ4v) is 6.18. The number of nitrogens with zero attached hydrogens (tertiary/aromatic N) is 1. The Morgan fingerprint density at radius 1 is 0.544 bits per heavy atom. The van der Waals surface area contributed by atoms with Crippen LogP contribution in [0.2, 0.25) is 0 Å². The zero-order chi connectivity index (χ0) is 42.1. The summed E-state index contributed by atoms with van der Waals surface area (Å²) in [6, 6.07) is -0.629. The van der Waals surface area contributed by atoms with Crippen molar-refractivity contribution in [1.82, 2.24) is 0 Å². The highest BCUT2D eigenvalue weighted by Crippen LogP contribution is 2.14. The van der Waals surface area contributed by atoms with E-state index in [-0.39, 0.29) is 42.7 Å². The first-order chi connectivity index (χ1) is 27.6. The second-order valence-electron chi connectivity index (χ2n) is 15.9. The molecular formula is C49H84NO7+. The minimum absolute atomic E-state index is 0.0290. The molecule has 0 radical (unpaired) electrons. The number of carbonyl (C=O) groups excluding carboxylic acids is 2. The number of hydrogen-bond donors (Lipinski definition) is 1. The van der Waals surface area contributed by atoms with Gasteiger partial charge in [0.25, 0.3) is 0 Å². The number of rotatable bonds is 39. The summed E-state index contributed by atoms with van der Waals surface area (Å²) in [5.41, 5.74) is 0. The topological polar surface area (TPSA) is 99.1 Å². The number of hydrogen-bond acceptors (Lipinski definition) is 6. The highest BCUT2D eigenvalue weighted by Gasteiger charge is 2.31. The third-order valence-electron chi connectivity index (χ3n) is 9.63. The Morgan fingerprint density at radius 2 is 0.982 bits per heavy atom. The Morgan fingerprint density at radius 3 is 1.42 bits per heavy atom. The molecule has 8 heteroatoms. The van der Waals surface area contributed by atoms with Gasteiger partial charge < -0.3 is 23.8 Å². The molecule has 0 bridgehead atoms. The standard InChI is InChI=1S/C49H83NO7/c1-6-8-10-12-14-16-18-20-22-23-24-25-26-28-30-32-34-36-38-40-48(52)57-45(43-55-42-41-46(49(53)54)50(3,4)5)44-56-47(51)39-37-35-33-31-29-27-21-19-17-15-13-11-9-7-2/h8,10,14,16,20,22,24-25,28,30,34,36,45-46H,6-7,9,11-13,15,17-19,21,23,26-27,29,31-33,35,37-44H2,1-5H3/p+1/b10-8+,16-14+,22-20+,25-24+,30-28+,36-34+. The van der Waals surface area contributed by atoms with Crippen molar-refractivity contribution in [2.24, 2.45) is 0 Å². The van der Waals surface area contributed by atoms with Crippen LogP contribution >= 0.6 is 0 Å². The van der Waals surface area contributed by atoms with Crippen LogP contribution in [0.5, 0.6) is 0 Å². The number of likely N-dealkylation sites (N-methyl/N-ethyl adjacent to an activating group) is 1. The largest absolute Gasteiger partial charge is 0.477 e. The Kier molecular flexibility index (Phi) is 37.3. The molecular weight excluding hydrogens is 715 g/mol. The Bertz CT molecular complexity index is 1160. The van der Waals surface area contributed by atoms with Crippen molar-refractivity contribution >= 4 is 17.9 Å². The van der Waals surface area contributed by atoms with Crippen LogP contribution in [0, 0.1) is 0 Å². The summed E-state index contributed by atoms with van der Waals surface area (Å²) in [6.45, 7) is 4.54. The van der Waals surface area contributed by atoms with Crippen LogP contribution in [-0.2, 0) is 28.6 Å². The number of allylic oxidation sites excluding steroid dienone is 12. The summed E-state index contributed by atoms with van der Waals surface area (Å²) in [6.07, 6.45) is 49.6. The molecule has 0 fully saturated rings. The number of unbranched alkanes of at least 4 members (excludes halogenated alkanes) is 13. The lowest BCUT2D eigenvalue weighted by atomic mass is 10.0. The Hall–Kier alpha value is -3.23. The van der Waals surface area contributed by atoms with Crippen LogP contribution in [0.4, 0.5) is 0 Å². The number of carbonyl (C=O) groups is 3. The molecule has 0 aromatic rings. The van der Waals surface area contributed by atoms with Crippen LogP contribution in [0.15, 0.2) is 72.9 Å². The number of ether oxygens (including phenoxy) is 3. The lowest BCUT2D eigenvalue weighted by Gasteiger charge is -2.31. The van der Waals surface area contributed by atoms with Gasteiger partial charge in [-0.05, 0) is 51.4 Å². The first-order valence-corrected chi connectivity index (χ1v) is 22.5. The molecule has 0 saturated heterocycles. The number of esters is 2. The molecule has 0 aromatic carbocycles. The molecule has 0 aliphatic rings. The van der Waals surface area contributed by atoms with Gasteiger partial charge in [0.1, 0.15) is 6.61 Å². The van der Waals surface area contributed by atoms with Gasteiger partial charge in [0.15, 0.2) is 12.1 Å². The number of aliphatic carboxylic acids is 1. The van der Waals surface area contributed by atoms with E-state index < -0.39 is 18.1 Å². The summed E-state index contributed by atoms with van der Waals surface area (Å²) < 4.78 is 17.2.